The first-order valence-corrected chi connectivity index (χ1v) is 5.63. The molecule has 6 heteroatoms. The molecule has 0 radical (unpaired) electrons. The Morgan fingerprint density at radius 1 is 1.00 bits per heavy atom. The van der Waals surface area contributed by atoms with E-state index in [4.69, 9.17) is 24.7 Å². The summed E-state index contributed by atoms with van der Waals surface area (Å²) in [5, 5.41) is 0. The summed E-state index contributed by atoms with van der Waals surface area (Å²) in [6, 6.07) is 5.03. The van der Waals surface area contributed by atoms with Crippen LogP contribution in [-0.4, -0.2) is 34.3 Å². The highest BCUT2D eigenvalue weighted by molar-refractivity contribution is 5.94. The van der Waals surface area contributed by atoms with Crippen LogP contribution in [0, 0.1) is 0 Å². The Labute approximate surface area is 112 Å². The van der Waals surface area contributed by atoms with Crippen LogP contribution in [0.25, 0.3) is 0 Å². The van der Waals surface area contributed by atoms with Crippen LogP contribution in [0.4, 0.5) is 0 Å². The molecule has 1 aromatic rings. The van der Waals surface area contributed by atoms with Crippen LogP contribution >= 0.6 is 0 Å². The van der Waals surface area contributed by atoms with Crippen LogP contribution in [-0.2, 0) is 18.9 Å². The van der Waals surface area contributed by atoms with E-state index in [0.29, 0.717) is 11.1 Å². The third kappa shape index (κ3) is 3.51. The van der Waals surface area contributed by atoms with Gasteiger partial charge in [0.15, 0.2) is 12.6 Å². The Morgan fingerprint density at radius 2 is 1.53 bits per heavy atom. The molecular formula is C13H19NO5. The summed E-state index contributed by atoms with van der Waals surface area (Å²) >= 11 is 0. The van der Waals surface area contributed by atoms with Gasteiger partial charge < -0.3 is 24.7 Å². The number of ether oxygens (including phenoxy) is 4. The van der Waals surface area contributed by atoms with Crippen LogP contribution in [0.5, 0.6) is 0 Å². The van der Waals surface area contributed by atoms with Crippen molar-refractivity contribution in [3.05, 3.63) is 34.9 Å². The lowest BCUT2D eigenvalue weighted by Crippen LogP contribution is -2.18. The maximum atomic E-state index is 11.4. The van der Waals surface area contributed by atoms with Gasteiger partial charge in [0, 0.05) is 45.1 Å². The molecular weight excluding hydrogens is 250 g/mol. The smallest absolute Gasteiger partial charge is 0.249 e. The molecule has 0 aliphatic heterocycles. The first-order valence-electron chi connectivity index (χ1n) is 5.63. The molecule has 0 heterocycles. The average molecular weight is 269 g/mol. The highest BCUT2D eigenvalue weighted by Crippen LogP contribution is 2.27. The summed E-state index contributed by atoms with van der Waals surface area (Å²) in [7, 11) is 6.02. The number of methoxy groups -OCH3 is 4. The van der Waals surface area contributed by atoms with E-state index in [2.05, 4.69) is 0 Å². The Hall–Kier alpha value is -1.47. The quantitative estimate of drug-likeness (QED) is 0.756. The third-order valence-corrected chi connectivity index (χ3v) is 2.72. The molecule has 19 heavy (non-hydrogen) atoms. The molecule has 106 valence electrons. The molecule has 0 spiro atoms. The van der Waals surface area contributed by atoms with E-state index >= 15 is 0 Å². The molecule has 0 aliphatic carbocycles. The van der Waals surface area contributed by atoms with Crippen molar-refractivity contribution in [2.24, 2.45) is 5.73 Å². The van der Waals surface area contributed by atoms with Gasteiger partial charge >= 0.3 is 0 Å². The van der Waals surface area contributed by atoms with Crippen molar-refractivity contribution in [2.45, 2.75) is 12.6 Å². The Kier molecular flexibility index (Phi) is 5.91. The van der Waals surface area contributed by atoms with Crippen LogP contribution in [0.1, 0.15) is 34.1 Å². The molecule has 0 fully saturated rings. The van der Waals surface area contributed by atoms with Crippen LogP contribution in [0.3, 0.4) is 0 Å². The zero-order chi connectivity index (χ0) is 14.4. The highest BCUT2D eigenvalue weighted by Gasteiger charge is 2.20. The molecule has 0 saturated carbocycles. The van der Waals surface area contributed by atoms with Crippen molar-refractivity contribution in [3.63, 3.8) is 0 Å². The van der Waals surface area contributed by atoms with E-state index in [1.54, 1.807) is 18.2 Å². The van der Waals surface area contributed by atoms with E-state index in [1.807, 2.05) is 0 Å². The minimum absolute atomic E-state index is 0.336. The van der Waals surface area contributed by atoms with Gasteiger partial charge in [-0.25, -0.2) is 0 Å². The first kappa shape index (κ1) is 15.6. The van der Waals surface area contributed by atoms with Gasteiger partial charge in [-0.3, -0.25) is 4.79 Å². The minimum Gasteiger partial charge on any atom is -0.366 e. The van der Waals surface area contributed by atoms with E-state index in [0.717, 1.165) is 5.56 Å². The van der Waals surface area contributed by atoms with Crippen molar-refractivity contribution < 1.29 is 23.7 Å². The Morgan fingerprint density at radius 3 is 1.95 bits per heavy atom. The van der Waals surface area contributed by atoms with E-state index in [-0.39, 0.29) is 0 Å². The maximum absolute atomic E-state index is 11.4. The summed E-state index contributed by atoms with van der Waals surface area (Å²) in [6.07, 6.45) is -1.22. The molecule has 0 aromatic heterocycles. The molecule has 0 saturated heterocycles. The number of carbonyl (C=O) groups excluding carboxylic acids is 1. The second-order valence-corrected chi connectivity index (χ2v) is 3.82. The molecule has 1 amide bonds. The van der Waals surface area contributed by atoms with Gasteiger partial charge in [0.25, 0.3) is 0 Å². The van der Waals surface area contributed by atoms with Gasteiger partial charge in [-0.1, -0.05) is 6.07 Å². The maximum Gasteiger partial charge on any atom is 0.249 e. The standard InChI is InChI=1S/C13H19NO5/c1-16-12(17-2)8-5-6-9(11(14)15)10(7-8)13(18-3)19-4/h5-7,12-13H,1-4H3,(H2,14,15). The molecule has 6 nitrogen and oxygen atoms in total. The van der Waals surface area contributed by atoms with Crippen molar-refractivity contribution >= 4 is 5.91 Å². The van der Waals surface area contributed by atoms with E-state index < -0.39 is 18.5 Å². The fourth-order valence-electron chi connectivity index (χ4n) is 1.87. The second-order valence-electron chi connectivity index (χ2n) is 3.82. The Bertz CT molecular complexity index is 427. The fraction of sp³-hybridized carbons (Fsp3) is 0.462. The van der Waals surface area contributed by atoms with Gasteiger partial charge in [-0.2, -0.15) is 0 Å². The molecule has 0 aliphatic rings. The zero-order valence-electron chi connectivity index (χ0n) is 11.5. The highest BCUT2D eigenvalue weighted by atomic mass is 16.7. The number of primary amides is 1. The van der Waals surface area contributed by atoms with Gasteiger partial charge in [0.1, 0.15) is 0 Å². The van der Waals surface area contributed by atoms with Gasteiger partial charge in [-0.05, 0) is 12.1 Å². The normalized spacial score (nSPS) is 11.3. The topological polar surface area (TPSA) is 80.0 Å². The number of amides is 1. The van der Waals surface area contributed by atoms with Crippen molar-refractivity contribution in [1.82, 2.24) is 0 Å². The lowest BCUT2D eigenvalue weighted by atomic mass is 10.0. The number of carbonyl (C=O) groups is 1. The van der Waals surface area contributed by atoms with Gasteiger partial charge in [0.2, 0.25) is 5.91 Å². The summed E-state index contributed by atoms with van der Waals surface area (Å²) in [4.78, 5) is 11.4. The Balaban J connectivity index is 3.28. The third-order valence-electron chi connectivity index (χ3n) is 2.72. The largest absolute Gasteiger partial charge is 0.366 e. The van der Waals surface area contributed by atoms with Crippen LogP contribution in [0.15, 0.2) is 18.2 Å². The average Bonchev–Trinajstić information content (AvgIpc) is 2.41. The van der Waals surface area contributed by atoms with Crippen molar-refractivity contribution in [3.8, 4) is 0 Å². The molecule has 2 N–H and O–H groups in total. The summed E-state index contributed by atoms with van der Waals surface area (Å²) < 4.78 is 20.7. The predicted octanol–water partition coefficient (Wildman–Crippen LogP) is 1.37. The van der Waals surface area contributed by atoms with E-state index in [1.165, 1.54) is 28.4 Å². The van der Waals surface area contributed by atoms with Gasteiger partial charge in [-0.15, -0.1) is 0 Å². The summed E-state index contributed by atoms with van der Waals surface area (Å²) in [6.45, 7) is 0. The SMILES string of the molecule is COC(OC)c1ccc(C(N)=O)c(C(OC)OC)c1. The number of rotatable bonds is 7. The molecule has 1 aromatic carbocycles. The second kappa shape index (κ2) is 7.20. The number of nitrogens with two attached hydrogens (primary N) is 1. The van der Waals surface area contributed by atoms with Crippen molar-refractivity contribution in [1.29, 1.82) is 0 Å². The number of benzene rings is 1. The molecule has 0 bridgehead atoms. The van der Waals surface area contributed by atoms with Crippen LogP contribution in [0.2, 0.25) is 0 Å². The van der Waals surface area contributed by atoms with Gasteiger partial charge in [0.05, 0.1) is 0 Å². The fourth-order valence-corrected chi connectivity index (χ4v) is 1.87. The zero-order valence-corrected chi connectivity index (χ0v) is 11.5. The molecule has 1 rings (SSSR count). The lowest BCUT2D eigenvalue weighted by Gasteiger charge is -2.20. The number of hydrogen-bond donors (Lipinski definition) is 1. The summed E-state index contributed by atoms with van der Waals surface area (Å²) in [5.74, 6) is -0.549. The number of hydrogen-bond acceptors (Lipinski definition) is 5. The summed E-state index contributed by atoms with van der Waals surface area (Å²) in [5.41, 5.74) is 6.95. The van der Waals surface area contributed by atoms with Crippen LogP contribution < -0.4 is 5.73 Å². The van der Waals surface area contributed by atoms with Crippen molar-refractivity contribution in [2.75, 3.05) is 28.4 Å². The first-order chi connectivity index (χ1) is 9.08. The van der Waals surface area contributed by atoms with E-state index in [9.17, 15) is 4.79 Å². The predicted molar refractivity (Wildman–Crippen MR) is 68.5 cm³/mol. The molecule has 0 unspecified atom stereocenters. The lowest BCUT2D eigenvalue weighted by molar-refractivity contribution is -0.110. The minimum atomic E-state index is -0.684. The molecule has 0 atom stereocenters. The monoisotopic (exact) mass is 269 g/mol.